The van der Waals surface area contributed by atoms with Crippen molar-refractivity contribution in [2.45, 2.75) is 39.9 Å². The monoisotopic (exact) mass is 516 g/mol. The molecule has 35 heavy (non-hydrogen) atoms. The summed E-state index contributed by atoms with van der Waals surface area (Å²) in [5.74, 6) is -1.21. The van der Waals surface area contributed by atoms with Crippen molar-refractivity contribution in [3.63, 3.8) is 0 Å². The van der Waals surface area contributed by atoms with Crippen molar-refractivity contribution in [3.05, 3.63) is 42.0 Å². The summed E-state index contributed by atoms with van der Waals surface area (Å²) in [5, 5.41) is 5.60. The molecule has 13 heteroatoms. The van der Waals surface area contributed by atoms with Crippen LogP contribution in [0, 0.1) is 11.8 Å². The first kappa shape index (κ1) is 28.0. The zero-order valence-corrected chi connectivity index (χ0v) is 20.9. The molecule has 9 nitrogen and oxygen atoms in total. The molecule has 1 amide bonds. The van der Waals surface area contributed by atoms with E-state index in [2.05, 4.69) is 20.0 Å². The number of allylic oxidation sites excluding steroid dienone is 3. The summed E-state index contributed by atoms with van der Waals surface area (Å²) in [6.45, 7) is 5.76. The van der Waals surface area contributed by atoms with Gasteiger partial charge in [-0.3, -0.25) is 9.52 Å². The number of amides is 1. The number of hydrogen-bond donors (Lipinski definition) is 5. The van der Waals surface area contributed by atoms with Crippen LogP contribution in [0.2, 0.25) is 0 Å². The van der Waals surface area contributed by atoms with E-state index in [0.717, 1.165) is 6.26 Å². The summed E-state index contributed by atoms with van der Waals surface area (Å²) in [7, 11) is -3.51. The van der Waals surface area contributed by atoms with Gasteiger partial charge in [0.25, 0.3) is 0 Å². The summed E-state index contributed by atoms with van der Waals surface area (Å²) in [5.41, 5.74) is 8.40. The maximum absolute atomic E-state index is 12.6. The molecule has 0 aliphatic carbocycles. The molecule has 0 aromatic carbocycles. The van der Waals surface area contributed by atoms with E-state index >= 15 is 0 Å². The fraction of sp³-hybridized carbons (Fsp3) is 0.455. The van der Waals surface area contributed by atoms with Crippen molar-refractivity contribution in [2.75, 3.05) is 17.5 Å². The number of aromatic amines is 1. The first-order valence-corrected chi connectivity index (χ1v) is 12.7. The molecule has 6 N–H and O–H groups in total. The zero-order chi connectivity index (χ0) is 26.6. The van der Waals surface area contributed by atoms with Crippen LogP contribution >= 0.6 is 0 Å². The van der Waals surface area contributed by atoms with E-state index in [4.69, 9.17) is 5.73 Å². The predicted molar refractivity (Wildman–Crippen MR) is 130 cm³/mol. The van der Waals surface area contributed by atoms with Gasteiger partial charge in [-0.15, -0.1) is 0 Å². The minimum atomic E-state index is -4.52. The van der Waals surface area contributed by atoms with Crippen LogP contribution in [0.1, 0.15) is 33.3 Å². The summed E-state index contributed by atoms with van der Waals surface area (Å²) >= 11 is 0. The lowest BCUT2D eigenvalue weighted by Crippen LogP contribution is -2.49. The highest BCUT2D eigenvalue weighted by Gasteiger charge is 2.31. The zero-order valence-electron chi connectivity index (χ0n) is 20.1. The molecule has 0 radical (unpaired) electrons. The van der Waals surface area contributed by atoms with Crippen molar-refractivity contribution in [3.8, 4) is 0 Å². The SMILES string of the molecule is CC(C)/C(=C\C(=C/N)c1c[nH]c2ncc(NS(C)(=O)=O)cc12)NC(C(=O)NCC(F)(F)F)C(C)C. The second-order valence-corrected chi connectivity index (χ2v) is 10.5. The Bertz CT molecular complexity index is 1220. The molecular weight excluding hydrogens is 485 g/mol. The largest absolute Gasteiger partial charge is 0.405 e. The Kier molecular flexibility index (Phi) is 8.82. The number of nitrogens with one attached hydrogen (secondary N) is 4. The Morgan fingerprint density at radius 3 is 2.43 bits per heavy atom. The average Bonchev–Trinajstić information content (AvgIpc) is 3.13. The lowest BCUT2D eigenvalue weighted by molar-refractivity contribution is -0.140. The number of H-pyrrole nitrogens is 1. The van der Waals surface area contributed by atoms with Gasteiger partial charge in [-0.1, -0.05) is 27.7 Å². The minimum absolute atomic E-state index is 0.132. The lowest BCUT2D eigenvalue weighted by atomic mass is 9.98. The number of aromatic nitrogens is 2. The highest BCUT2D eigenvalue weighted by Crippen LogP contribution is 2.28. The van der Waals surface area contributed by atoms with Gasteiger partial charge < -0.3 is 21.4 Å². The van der Waals surface area contributed by atoms with Crippen molar-refractivity contribution < 1.29 is 26.4 Å². The number of anilines is 1. The van der Waals surface area contributed by atoms with Crippen LogP contribution in [-0.2, 0) is 14.8 Å². The van der Waals surface area contributed by atoms with E-state index in [1.807, 2.05) is 19.2 Å². The molecule has 0 saturated heterocycles. The molecule has 2 aromatic rings. The maximum atomic E-state index is 12.6. The van der Waals surface area contributed by atoms with Crippen LogP contribution in [-0.4, -0.2) is 49.3 Å². The number of nitrogens with two attached hydrogens (primary N) is 1. The smallest absolute Gasteiger partial charge is 0.404 e. The number of pyridine rings is 1. The summed E-state index contributed by atoms with van der Waals surface area (Å²) in [6, 6.07) is 0.691. The van der Waals surface area contributed by atoms with Gasteiger partial charge in [0.05, 0.1) is 18.1 Å². The van der Waals surface area contributed by atoms with Crippen LogP contribution in [0.4, 0.5) is 18.9 Å². The van der Waals surface area contributed by atoms with E-state index in [0.29, 0.717) is 27.9 Å². The topological polar surface area (TPSA) is 142 Å². The number of sulfonamides is 1. The van der Waals surface area contributed by atoms with Crippen molar-refractivity contribution in [2.24, 2.45) is 17.6 Å². The standard InChI is InChI=1S/C22H31F3N6O3S/c1-12(2)18(30-19(13(3)4)21(32)29-11-22(23,24)25)6-14(8-26)17-10-28-20-16(17)7-15(9-27-20)31-35(5,33)34/h6-10,12-13,19,30-31H,11,26H2,1-5H3,(H,27,28)(H,29,32)/b14-8+,18-6+. The quantitative estimate of drug-likeness (QED) is 0.307. The Balaban J connectivity index is 2.41. The van der Waals surface area contributed by atoms with Crippen LogP contribution in [0.25, 0.3) is 16.6 Å². The lowest BCUT2D eigenvalue weighted by Gasteiger charge is -2.26. The number of rotatable bonds is 10. The van der Waals surface area contributed by atoms with Crippen molar-refractivity contribution in [1.29, 1.82) is 0 Å². The molecule has 0 fully saturated rings. The van der Waals surface area contributed by atoms with Gasteiger partial charge in [0.15, 0.2) is 0 Å². The van der Waals surface area contributed by atoms with Crippen molar-refractivity contribution >= 4 is 38.2 Å². The molecule has 0 spiro atoms. The third-order valence-electron chi connectivity index (χ3n) is 4.99. The molecule has 0 aliphatic rings. The van der Waals surface area contributed by atoms with Gasteiger partial charge in [-0.2, -0.15) is 13.2 Å². The second kappa shape index (κ2) is 11.0. The third-order valence-corrected chi connectivity index (χ3v) is 5.60. The number of halogens is 3. The van der Waals surface area contributed by atoms with E-state index in [-0.39, 0.29) is 17.5 Å². The van der Waals surface area contributed by atoms with Crippen LogP contribution in [0.5, 0.6) is 0 Å². The number of hydrogen-bond acceptors (Lipinski definition) is 6. The molecule has 2 rings (SSSR count). The van der Waals surface area contributed by atoms with Gasteiger partial charge in [0.1, 0.15) is 18.2 Å². The number of nitrogens with zero attached hydrogens (tertiary/aromatic N) is 1. The number of carbonyl (C=O) groups is 1. The number of carbonyl (C=O) groups excluding carboxylic acids is 1. The van der Waals surface area contributed by atoms with Gasteiger partial charge in [-0.25, -0.2) is 13.4 Å². The maximum Gasteiger partial charge on any atom is 0.405 e. The Labute approximate surface area is 202 Å². The second-order valence-electron chi connectivity index (χ2n) is 8.77. The molecule has 0 bridgehead atoms. The summed E-state index contributed by atoms with van der Waals surface area (Å²) < 4.78 is 63.3. The Morgan fingerprint density at radius 2 is 1.91 bits per heavy atom. The molecule has 194 valence electrons. The Hall–Kier alpha value is -3.22. The van der Waals surface area contributed by atoms with E-state index in [1.165, 1.54) is 12.4 Å². The highest BCUT2D eigenvalue weighted by atomic mass is 32.2. The highest BCUT2D eigenvalue weighted by molar-refractivity contribution is 7.92. The van der Waals surface area contributed by atoms with Gasteiger partial charge in [0.2, 0.25) is 15.9 Å². The first-order valence-electron chi connectivity index (χ1n) is 10.8. The third kappa shape index (κ3) is 8.19. The van der Waals surface area contributed by atoms with Gasteiger partial charge >= 0.3 is 6.18 Å². The molecule has 1 unspecified atom stereocenters. The molecule has 2 heterocycles. The Morgan fingerprint density at radius 1 is 1.26 bits per heavy atom. The fourth-order valence-electron chi connectivity index (χ4n) is 3.28. The first-order chi connectivity index (χ1) is 16.1. The molecule has 0 aliphatic heterocycles. The van der Waals surface area contributed by atoms with Crippen molar-refractivity contribution in [1.82, 2.24) is 20.6 Å². The molecular formula is C22H31F3N6O3S. The summed E-state index contributed by atoms with van der Waals surface area (Å²) in [4.78, 5) is 19.7. The van der Waals surface area contributed by atoms with Crippen LogP contribution in [0.15, 0.2) is 36.4 Å². The normalized spacial score (nSPS) is 14.5. The number of alkyl halides is 3. The molecule has 1 atom stereocenters. The number of fused-ring (bicyclic) bond motifs is 1. The van der Waals surface area contributed by atoms with E-state index < -0.39 is 34.7 Å². The van der Waals surface area contributed by atoms with E-state index in [1.54, 1.807) is 32.2 Å². The predicted octanol–water partition coefficient (Wildman–Crippen LogP) is 3.07. The van der Waals surface area contributed by atoms with Gasteiger partial charge in [0, 0.05) is 34.6 Å². The van der Waals surface area contributed by atoms with Gasteiger partial charge in [-0.05, 0) is 24.0 Å². The summed E-state index contributed by atoms with van der Waals surface area (Å²) in [6.07, 6.45) is 2.59. The van der Waals surface area contributed by atoms with Crippen LogP contribution < -0.4 is 21.1 Å². The van der Waals surface area contributed by atoms with E-state index in [9.17, 15) is 26.4 Å². The molecule has 0 saturated carbocycles. The minimum Gasteiger partial charge on any atom is -0.404 e. The molecule has 2 aromatic heterocycles. The average molecular weight is 517 g/mol. The fourth-order valence-corrected chi connectivity index (χ4v) is 3.82. The van der Waals surface area contributed by atoms with Crippen LogP contribution in [0.3, 0.4) is 0 Å².